The maximum absolute atomic E-state index is 11.5. The highest BCUT2D eigenvalue weighted by molar-refractivity contribution is 5.87. The summed E-state index contributed by atoms with van der Waals surface area (Å²) in [4.78, 5) is 22.7. The summed E-state index contributed by atoms with van der Waals surface area (Å²) in [5, 5.41) is 0.797. The number of carbonyl (C=O) groups is 1. The molecule has 0 bridgehead atoms. The fraction of sp³-hybridized carbons (Fsp3) is 0.125. The van der Waals surface area contributed by atoms with Gasteiger partial charge in [0.15, 0.2) is 0 Å². The molecule has 0 N–H and O–H groups in total. The highest BCUT2D eigenvalue weighted by Crippen LogP contribution is 2.21. The predicted octanol–water partition coefficient (Wildman–Crippen LogP) is 2.75. The molecule has 112 valence electrons. The third-order valence-corrected chi connectivity index (χ3v) is 3.11. The summed E-state index contributed by atoms with van der Waals surface area (Å²) in [6, 6.07) is 9.82. The van der Waals surface area contributed by atoms with Crippen LogP contribution in [-0.2, 0) is 11.3 Å². The zero-order valence-corrected chi connectivity index (χ0v) is 11.7. The summed E-state index contributed by atoms with van der Waals surface area (Å²) in [5.41, 5.74) is 0.583. The molecule has 22 heavy (non-hydrogen) atoms. The Hall–Kier alpha value is -3.02. The van der Waals surface area contributed by atoms with Crippen molar-refractivity contribution < 1.29 is 23.1 Å². The number of esters is 1. The number of furan rings is 1. The van der Waals surface area contributed by atoms with Gasteiger partial charge in [-0.1, -0.05) is 0 Å². The lowest BCUT2D eigenvalue weighted by Gasteiger charge is -2.06. The lowest BCUT2D eigenvalue weighted by atomic mass is 10.2. The summed E-state index contributed by atoms with van der Waals surface area (Å²) in [6.07, 6.45) is 1.39. The van der Waals surface area contributed by atoms with E-state index >= 15 is 0 Å². The third-order valence-electron chi connectivity index (χ3n) is 3.11. The number of ether oxygens (including phenoxy) is 2. The minimum absolute atomic E-state index is 0.106. The standard InChI is InChI=1S/C16H12O6/c1-19-16(18)15-11(6-7-20-15)9-21-12-4-2-10-3-5-14(17)22-13(10)8-12/h2-8H,9H2,1H3. The van der Waals surface area contributed by atoms with Gasteiger partial charge in [-0.2, -0.15) is 0 Å². The second kappa shape index (κ2) is 5.77. The van der Waals surface area contributed by atoms with Crippen molar-refractivity contribution in [3.8, 4) is 5.75 Å². The second-order valence-electron chi connectivity index (χ2n) is 4.51. The van der Waals surface area contributed by atoms with Crippen LogP contribution in [0.5, 0.6) is 5.75 Å². The van der Waals surface area contributed by atoms with Gasteiger partial charge in [0.1, 0.15) is 17.9 Å². The lowest BCUT2D eigenvalue weighted by molar-refractivity contribution is 0.0561. The minimum atomic E-state index is -0.562. The Morgan fingerprint density at radius 1 is 1.18 bits per heavy atom. The largest absolute Gasteiger partial charge is 0.489 e. The number of carbonyl (C=O) groups excluding carboxylic acids is 1. The first-order valence-electron chi connectivity index (χ1n) is 6.49. The first-order valence-corrected chi connectivity index (χ1v) is 6.49. The molecule has 0 radical (unpaired) electrons. The first-order chi connectivity index (χ1) is 10.7. The van der Waals surface area contributed by atoms with Crippen molar-refractivity contribution in [1.29, 1.82) is 0 Å². The van der Waals surface area contributed by atoms with Crippen LogP contribution in [0.4, 0.5) is 0 Å². The number of benzene rings is 1. The van der Waals surface area contributed by atoms with E-state index < -0.39 is 11.6 Å². The molecule has 0 amide bonds. The number of rotatable bonds is 4. The van der Waals surface area contributed by atoms with Crippen molar-refractivity contribution >= 4 is 16.9 Å². The zero-order chi connectivity index (χ0) is 15.5. The molecule has 0 spiro atoms. The van der Waals surface area contributed by atoms with Crippen LogP contribution >= 0.6 is 0 Å². The normalized spacial score (nSPS) is 10.6. The summed E-state index contributed by atoms with van der Waals surface area (Å²) in [5.74, 6) is 0.0572. The smallest absolute Gasteiger partial charge is 0.374 e. The molecule has 2 aromatic heterocycles. The number of methoxy groups -OCH3 is 1. The molecule has 3 aromatic rings. The minimum Gasteiger partial charge on any atom is -0.489 e. The average Bonchev–Trinajstić information content (AvgIpc) is 3.00. The Labute approximate surface area is 124 Å². The van der Waals surface area contributed by atoms with Gasteiger partial charge < -0.3 is 18.3 Å². The van der Waals surface area contributed by atoms with Crippen LogP contribution in [0.2, 0.25) is 0 Å². The van der Waals surface area contributed by atoms with Gasteiger partial charge in [0.25, 0.3) is 0 Å². The SMILES string of the molecule is COC(=O)c1occc1COc1ccc2ccc(=O)oc2c1. The van der Waals surface area contributed by atoms with E-state index in [4.69, 9.17) is 13.6 Å². The Bertz CT molecular complexity index is 873. The predicted molar refractivity (Wildman–Crippen MR) is 76.9 cm³/mol. The summed E-state index contributed by atoms with van der Waals surface area (Å²) in [6.45, 7) is 0.128. The van der Waals surface area contributed by atoms with Crippen molar-refractivity contribution in [3.63, 3.8) is 0 Å². The molecular weight excluding hydrogens is 288 g/mol. The van der Waals surface area contributed by atoms with Gasteiger partial charge in [-0.3, -0.25) is 0 Å². The van der Waals surface area contributed by atoms with Crippen molar-refractivity contribution in [2.24, 2.45) is 0 Å². The fourth-order valence-electron chi connectivity index (χ4n) is 2.01. The quantitative estimate of drug-likeness (QED) is 0.544. The van der Waals surface area contributed by atoms with Crippen molar-refractivity contribution in [2.75, 3.05) is 7.11 Å². The molecule has 0 aliphatic rings. The summed E-state index contributed by atoms with van der Waals surface area (Å²) in [7, 11) is 1.28. The van der Waals surface area contributed by atoms with E-state index in [1.165, 1.54) is 19.4 Å². The van der Waals surface area contributed by atoms with E-state index in [1.807, 2.05) is 0 Å². The molecule has 0 aliphatic heterocycles. The van der Waals surface area contributed by atoms with E-state index in [-0.39, 0.29) is 12.4 Å². The van der Waals surface area contributed by atoms with Crippen LogP contribution in [0.3, 0.4) is 0 Å². The van der Waals surface area contributed by atoms with Crippen molar-refractivity contribution in [2.45, 2.75) is 6.61 Å². The van der Waals surface area contributed by atoms with Gasteiger partial charge in [-0.25, -0.2) is 9.59 Å². The van der Waals surface area contributed by atoms with E-state index in [1.54, 1.807) is 30.3 Å². The third kappa shape index (κ3) is 2.71. The molecule has 0 aliphatic carbocycles. The molecule has 0 saturated heterocycles. The molecule has 1 aromatic carbocycles. The Balaban J connectivity index is 1.81. The van der Waals surface area contributed by atoms with E-state index in [2.05, 4.69) is 4.74 Å². The summed E-state index contributed by atoms with van der Waals surface area (Å²) < 4.78 is 20.4. The molecular formula is C16H12O6. The highest BCUT2D eigenvalue weighted by Gasteiger charge is 2.16. The van der Waals surface area contributed by atoms with Gasteiger partial charge >= 0.3 is 11.6 Å². The Morgan fingerprint density at radius 3 is 2.82 bits per heavy atom. The topological polar surface area (TPSA) is 78.9 Å². The van der Waals surface area contributed by atoms with Gasteiger partial charge in [-0.15, -0.1) is 0 Å². The molecule has 0 unspecified atom stereocenters. The molecule has 2 heterocycles. The van der Waals surface area contributed by atoms with Gasteiger partial charge in [0.05, 0.1) is 13.4 Å². The maximum atomic E-state index is 11.5. The van der Waals surface area contributed by atoms with Crippen molar-refractivity contribution in [3.05, 3.63) is 64.4 Å². The van der Waals surface area contributed by atoms with Crippen molar-refractivity contribution in [1.82, 2.24) is 0 Å². The van der Waals surface area contributed by atoms with Crippen LogP contribution in [-0.4, -0.2) is 13.1 Å². The molecule has 0 atom stereocenters. The van der Waals surface area contributed by atoms with Crippen LogP contribution in [0.25, 0.3) is 11.0 Å². The van der Waals surface area contributed by atoms with E-state index in [0.29, 0.717) is 16.9 Å². The first kappa shape index (κ1) is 13.9. The molecule has 6 nitrogen and oxygen atoms in total. The number of fused-ring (bicyclic) bond motifs is 1. The number of hydrogen-bond donors (Lipinski definition) is 0. The average molecular weight is 300 g/mol. The Kier molecular flexibility index (Phi) is 3.65. The van der Waals surface area contributed by atoms with Crippen LogP contribution in [0.15, 0.2) is 56.3 Å². The molecule has 0 fully saturated rings. The lowest BCUT2D eigenvalue weighted by Crippen LogP contribution is -2.05. The zero-order valence-electron chi connectivity index (χ0n) is 11.7. The van der Waals surface area contributed by atoms with Crippen LogP contribution < -0.4 is 10.4 Å². The van der Waals surface area contributed by atoms with Gasteiger partial charge in [-0.05, 0) is 24.3 Å². The van der Waals surface area contributed by atoms with Gasteiger partial charge in [0.2, 0.25) is 5.76 Å². The van der Waals surface area contributed by atoms with Crippen LogP contribution in [0.1, 0.15) is 16.1 Å². The molecule has 6 heteroatoms. The Morgan fingerprint density at radius 2 is 2.00 bits per heavy atom. The van der Waals surface area contributed by atoms with E-state index in [9.17, 15) is 9.59 Å². The molecule has 3 rings (SSSR count). The fourth-order valence-corrected chi connectivity index (χ4v) is 2.01. The highest BCUT2D eigenvalue weighted by atomic mass is 16.5. The summed E-state index contributed by atoms with van der Waals surface area (Å²) >= 11 is 0. The molecule has 0 saturated carbocycles. The van der Waals surface area contributed by atoms with Crippen LogP contribution in [0, 0.1) is 0 Å². The van der Waals surface area contributed by atoms with Gasteiger partial charge in [0, 0.05) is 23.1 Å². The van der Waals surface area contributed by atoms with E-state index in [0.717, 1.165) is 5.39 Å². The monoisotopic (exact) mass is 300 g/mol. The second-order valence-corrected chi connectivity index (χ2v) is 4.51. The number of hydrogen-bond acceptors (Lipinski definition) is 6. The maximum Gasteiger partial charge on any atom is 0.374 e.